The second-order valence-electron chi connectivity index (χ2n) is 6.91. The summed E-state index contributed by atoms with van der Waals surface area (Å²) in [7, 11) is 0. The number of aliphatic imine (C=N–C) groups is 1. The number of amides is 1. The predicted octanol–water partition coefficient (Wildman–Crippen LogP) is 2.49. The average molecular weight is 522 g/mol. The van der Waals surface area contributed by atoms with Gasteiger partial charge in [0.15, 0.2) is 5.96 Å². The van der Waals surface area contributed by atoms with Gasteiger partial charge in [0.2, 0.25) is 5.91 Å². The molecule has 1 aromatic carbocycles. The van der Waals surface area contributed by atoms with Gasteiger partial charge in [-0.2, -0.15) is 0 Å². The number of piperazine rings is 1. The van der Waals surface area contributed by atoms with E-state index >= 15 is 0 Å². The first-order valence-corrected chi connectivity index (χ1v) is 10.3. The Kier molecular flexibility index (Phi) is 10.4. The third kappa shape index (κ3) is 7.47. The molecule has 30 heavy (non-hydrogen) atoms. The maximum Gasteiger partial charge on any atom is 0.224 e. The Hall–Kier alpha value is -2.36. The SMILES string of the molecule is CCNC(=NCc1ccccc1)NCCC(=O)N1CCN(c2ccccn2)CC1.I. The zero-order valence-corrected chi connectivity index (χ0v) is 19.8. The quantitative estimate of drug-likeness (QED) is 0.332. The summed E-state index contributed by atoms with van der Waals surface area (Å²) in [5, 5.41) is 6.50. The van der Waals surface area contributed by atoms with Crippen LogP contribution in [-0.4, -0.2) is 61.0 Å². The van der Waals surface area contributed by atoms with Gasteiger partial charge in [-0.3, -0.25) is 4.79 Å². The van der Waals surface area contributed by atoms with E-state index in [-0.39, 0.29) is 29.9 Å². The van der Waals surface area contributed by atoms with E-state index in [9.17, 15) is 4.79 Å². The summed E-state index contributed by atoms with van der Waals surface area (Å²) in [4.78, 5) is 25.7. The predicted molar refractivity (Wildman–Crippen MR) is 132 cm³/mol. The van der Waals surface area contributed by atoms with E-state index in [1.807, 2.05) is 48.2 Å². The van der Waals surface area contributed by atoms with Crippen LogP contribution >= 0.6 is 24.0 Å². The number of hydrogen-bond donors (Lipinski definition) is 2. The van der Waals surface area contributed by atoms with Crippen molar-refractivity contribution in [3.63, 3.8) is 0 Å². The van der Waals surface area contributed by atoms with Crippen LogP contribution in [0.15, 0.2) is 59.7 Å². The van der Waals surface area contributed by atoms with Gasteiger partial charge in [0.05, 0.1) is 6.54 Å². The van der Waals surface area contributed by atoms with Crippen molar-refractivity contribution >= 4 is 41.7 Å². The van der Waals surface area contributed by atoms with Crippen LogP contribution in [-0.2, 0) is 11.3 Å². The molecule has 0 radical (unpaired) electrons. The van der Waals surface area contributed by atoms with Gasteiger partial charge in [-0.05, 0) is 24.6 Å². The number of hydrogen-bond acceptors (Lipinski definition) is 4. The number of guanidine groups is 1. The molecule has 0 unspecified atom stereocenters. The largest absolute Gasteiger partial charge is 0.357 e. The van der Waals surface area contributed by atoms with Gasteiger partial charge in [-0.15, -0.1) is 24.0 Å². The van der Waals surface area contributed by atoms with E-state index in [1.54, 1.807) is 6.20 Å². The number of aromatic nitrogens is 1. The van der Waals surface area contributed by atoms with Crippen molar-refractivity contribution in [2.45, 2.75) is 19.9 Å². The van der Waals surface area contributed by atoms with Crippen molar-refractivity contribution in [1.82, 2.24) is 20.5 Å². The van der Waals surface area contributed by atoms with Crippen LogP contribution in [0.3, 0.4) is 0 Å². The first-order chi connectivity index (χ1) is 14.3. The molecule has 1 aliphatic heterocycles. The number of carbonyl (C=O) groups is 1. The van der Waals surface area contributed by atoms with Crippen molar-refractivity contribution < 1.29 is 4.79 Å². The van der Waals surface area contributed by atoms with E-state index in [4.69, 9.17) is 0 Å². The van der Waals surface area contributed by atoms with Gasteiger partial charge in [-0.25, -0.2) is 9.98 Å². The van der Waals surface area contributed by atoms with E-state index in [1.165, 1.54) is 0 Å². The molecule has 162 valence electrons. The average Bonchev–Trinajstić information content (AvgIpc) is 2.79. The molecule has 8 heteroatoms. The van der Waals surface area contributed by atoms with Crippen molar-refractivity contribution in [1.29, 1.82) is 0 Å². The molecule has 1 aromatic heterocycles. The van der Waals surface area contributed by atoms with Crippen molar-refractivity contribution in [3.05, 3.63) is 60.3 Å². The zero-order valence-electron chi connectivity index (χ0n) is 17.5. The van der Waals surface area contributed by atoms with Crippen LogP contribution in [0.1, 0.15) is 18.9 Å². The molecule has 0 bridgehead atoms. The van der Waals surface area contributed by atoms with E-state index in [0.29, 0.717) is 19.5 Å². The Morgan fingerprint density at radius 3 is 2.43 bits per heavy atom. The summed E-state index contributed by atoms with van der Waals surface area (Å²) in [5.74, 6) is 1.90. The Bertz CT molecular complexity index is 779. The van der Waals surface area contributed by atoms with Crippen LogP contribution in [0.2, 0.25) is 0 Å². The lowest BCUT2D eigenvalue weighted by molar-refractivity contribution is -0.131. The maximum absolute atomic E-state index is 12.6. The number of carbonyl (C=O) groups excluding carboxylic acids is 1. The van der Waals surface area contributed by atoms with E-state index in [2.05, 4.69) is 37.6 Å². The molecule has 0 saturated carbocycles. The van der Waals surface area contributed by atoms with Crippen molar-refractivity contribution in [2.75, 3.05) is 44.2 Å². The molecule has 0 aliphatic carbocycles. The summed E-state index contributed by atoms with van der Waals surface area (Å²) < 4.78 is 0. The van der Waals surface area contributed by atoms with Crippen LogP contribution < -0.4 is 15.5 Å². The topological polar surface area (TPSA) is 72.9 Å². The summed E-state index contributed by atoms with van der Waals surface area (Å²) >= 11 is 0. The minimum absolute atomic E-state index is 0. The molecule has 0 atom stereocenters. The molecule has 2 heterocycles. The highest BCUT2D eigenvalue weighted by Gasteiger charge is 2.21. The molecular weight excluding hydrogens is 491 g/mol. The summed E-state index contributed by atoms with van der Waals surface area (Å²) in [6.07, 6.45) is 2.26. The van der Waals surface area contributed by atoms with Gasteiger partial charge in [-0.1, -0.05) is 36.4 Å². The molecule has 7 nitrogen and oxygen atoms in total. The third-order valence-electron chi connectivity index (χ3n) is 4.84. The zero-order chi connectivity index (χ0) is 20.3. The lowest BCUT2D eigenvalue weighted by atomic mass is 10.2. The Morgan fingerprint density at radius 2 is 1.77 bits per heavy atom. The number of benzene rings is 1. The Labute approximate surface area is 196 Å². The van der Waals surface area contributed by atoms with Crippen LogP contribution in [0.4, 0.5) is 5.82 Å². The van der Waals surface area contributed by atoms with Crippen LogP contribution in [0.5, 0.6) is 0 Å². The molecule has 0 spiro atoms. The number of nitrogens with zero attached hydrogens (tertiary/aromatic N) is 4. The summed E-state index contributed by atoms with van der Waals surface area (Å²) in [6, 6.07) is 16.1. The lowest BCUT2D eigenvalue weighted by Crippen LogP contribution is -2.49. The van der Waals surface area contributed by atoms with Crippen LogP contribution in [0, 0.1) is 0 Å². The Balaban J connectivity index is 0.00000320. The fourth-order valence-electron chi connectivity index (χ4n) is 3.27. The number of pyridine rings is 1. The van der Waals surface area contributed by atoms with Crippen molar-refractivity contribution in [2.24, 2.45) is 4.99 Å². The summed E-state index contributed by atoms with van der Waals surface area (Å²) in [5.41, 5.74) is 1.16. The fourth-order valence-corrected chi connectivity index (χ4v) is 3.27. The first kappa shape index (κ1) is 23.9. The molecule has 2 aromatic rings. The van der Waals surface area contributed by atoms with Gasteiger partial charge in [0.25, 0.3) is 0 Å². The maximum atomic E-state index is 12.6. The van der Waals surface area contributed by atoms with Gasteiger partial charge in [0.1, 0.15) is 5.82 Å². The lowest BCUT2D eigenvalue weighted by Gasteiger charge is -2.35. The molecule has 1 fully saturated rings. The van der Waals surface area contributed by atoms with Crippen LogP contribution in [0.25, 0.3) is 0 Å². The second-order valence-corrected chi connectivity index (χ2v) is 6.91. The standard InChI is InChI=1S/C22H30N6O.HI/c1-2-23-22(26-18-19-8-4-3-5-9-19)25-13-11-21(29)28-16-14-27(15-17-28)20-10-6-7-12-24-20;/h3-10,12H,2,11,13-18H2,1H3,(H2,23,25,26);1H. The fraction of sp³-hybridized carbons (Fsp3) is 0.409. The van der Waals surface area contributed by atoms with E-state index < -0.39 is 0 Å². The minimum Gasteiger partial charge on any atom is -0.357 e. The Morgan fingerprint density at radius 1 is 1.03 bits per heavy atom. The molecule has 1 amide bonds. The molecule has 2 N–H and O–H groups in total. The molecule has 1 saturated heterocycles. The highest BCUT2D eigenvalue weighted by atomic mass is 127. The smallest absolute Gasteiger partial charge is 0.224 e. The monoisotopic (exact) mass is 522 g/mol. The van der Waals surface area contributed by atoms with Gasteiger partial charge >= 0.3 is 0 Å². The number of nitrogens with one attached hydrogen (secondary N) is 2. The number of rotatable bonds is 7. The third-order valence-corrected chi connectivity index (χ3v) is 4.84. The second kappa shape index (κ2) is 13.0. The normalized spacial score (nSPS) is 14.1. The summed E-state index contributed by atoms with van der Waals surface area (Å²) in [6.45, 7) is 7.10. The highest BCUT2D eigenvalue weighted by Crippen LogP contribution is 2.12. The van der Waals surface area contributed by atoms with E-state index in [0.717, 1.165) is 50.1 Å². The highest BCUT2D eigenvalue weighted by molar-refractivity contribution is 14.0. The first-order valence-electron chi connectivity index (χ1n) is 10.3. The minimum atomic E-state index is 0. The van der Waals surface area contributed by atoms with Gasteiger partial charge in [0, 0.05) is 51.9 Å². The van der Waals surface area contributed by atoms with Gasteiger partial charge < -0.3 is 20.4 Å². The molecule has 3 rings (SSSR count). The number of anilines is 1. The number of halogens is 1. The van der Waals surface area contributed by atoms with Crippen molar-refractivity contribution in [3.8, 4) is 0 Å². The molecular formula is C22H31IN6O. The molecule has 1 aliphatic rings.